The molecule has 6 aromatic heterocycles. The number of fused-ring (bicyclic) bond motifs is 2. The standard InChI is InChI=1S/C30H27N7O2/c38-28(10-18-4-2-1-3-5-18)34-21-11-20(14-31-15-21)25-12-23-27(16-33-25)36-37-30(23)26-13-22-24(35-26)6-8-32-29(22)19-7-9-39-17-19/h6-9,11-18,35H,1-5,10H2,(H,34,38)(H,36,37). The second-order valence-corrected chi connectivity index (χ2v) is 10.2. The van der Waals surface area contributed by atoms with Gasteiger partial charge in [-0.15, -0.1) is 0 Å². The highest BCUT2D eigenvalue weighted by molar-refractivity contribution is 6.00. The van der Waals surface area contributed by atoms with E-state index in [-0.39, 0.29) is 5.91 Å². The van der Waals surface area contributed by atoms with Crippen molar-refractivity contribution < 1.29 is 9.21 Å². The second kappa shape index (κ2) is 9.83. The number of pyridine rings is 3. The number of nitrogens with one attached hydrogen (secondary N) is 3. The first kappa shape index (κ1) is 23.3. The van der Waals surface area contributed by atoms with Crippen molar-refractivity contribution in [3.63, 3.8) is 0 Å². The molecule has 3 N–H and O–H groups in total. The van der Waals surface area contributed by atoms with Crippen molar-refractivity contribution >= 4 is 33.4 Å². The highest BCUT2D eigenvalue weighted by atomic mass is 16.3. The summed E-state index contributed by atoms with van der Waals surface area (Å²) in [5, 5.41) is 12.6. The first-order valence-electron chi connectivity index (χ1n) is 13.3. The first-order valence-corrected chi connectivity index (χ1v) is 13.3. The number of hydrogen-bond donors (Lipinski definition) is 3. The van der Waals surface area contributed by atoms with Gasteiger partial charge in [0.2, 0.25) is 5.91 Å². The molecule has 0 unspecified atom stereocenters. The topological polar surface area (TPSA) is 125 Å². The van der Waals surface area contributed by atoms with Gasteiger partial charge in [0, 0.05) is 46.2 Å². The first-order chi connectivity index (χ1) is 19.2. The summed E-state index contributed by atoms with van der Waals surface area (Å²) in [6, 6.07) is 9.83. The number of H-pyrrole nitrogens is 2. The molecule has 0 aliphatic heterocycles. The van der Waals surface area contributed by atoms with E-state index >= 15 is 0 Å². The van der Waals surface area contributed by atoms with Crippen LogP contribution in [0.3, 0.4) is 0 Å². The van der Waals surface area contributed by atoms with E-state index in [1.54, 1.807) is 37.3 Å². The Morgan fingerprint density at radius 1 is 0.949 bits per heavy atom. The molecule has 0 aromatic carbocycles. The molecule has 0 atom stereocenters. The van der Waals surface area contributed by atoms with Crippen molar-refractivity contribution in [1.29, 1.82) is 0 Å². The summed E-state index contributed by atoms with van der Waals surface area (Å²) < 4.78 is 5.27. The van der Waals surface area contributed by atoms with Crippen LogP contribution in [0.2, 0.25) is 0 Å². The van der Waals surface area contributed by atoms with Crippen molar-refractivity contribution in [2.24, 2.45) is 5.92 Å². The molecule has 0 spiro atoms. The quantitative estimate of drug-likeness (QED) is 0.225. The minimum Gasteiger partial charge on any atom is -0.472 e. The van der Waals surface area contributed by atoms with Crippen molar-refractivity contribution in [3.05, 3.63) is 67.6 Å². The maximum Gasteiger partial charge on any atom is 0.224 e. The fourth-order valence-corrected chi connectivity index (χ4v) is 5.60. The van der Waals surface area contributed by atoms with E-state index in [2.05, 4.69) is 41.5 Å². The van der Waals surface area contributed by atoms with Gasteiger partial charge in [-0.25, -0.2) is 0 Å². The van der Waals surface area contributed by atoms with Crippen LogP contribution in [-0.4, -0.2) is 36.0 Å². The molecule has 0 radical (unpaired) electrons. The summed E-state index contributed by atoms with van der Waals surface area (Å²) in [6.07, 6.45) is 16.9. The zero-order valence-corrected chi connectivity index (χ0v) is 21.3. The van der Waals surface area contributed by atoms with E-state index in [9.17, 15) is 4.79 Å². The summed E-state index contributed by atoms with van der Waals surface area (Å²) >= 11 is 0. The Labute approximate surface area is 224 Å². The minimum absolute atomic E-state index is 0.0458. The molecule has 6 aromatic rings. The molecule has 1 fully saturated rings. The van der Waals surface area contributed by atoms with Gasteiger partial charge < -0.3 is 14.7 Å². The van der Waals surface area contributed by atoms with Crippen LogP contribution in [0.5, 0.6) is 0 Å². The van der Waals surface area contributed by atoms with Crippen LogP contribution in [0.15, 0.2) is 72.1 Å². The van der Waals surface area contributed by atoms with Crippen LogP contribution in [0.25, 0.3) is 55.7 Å². The van der Waals surface area contributed by atoms with Crippen LogP contribution in [0.4, 0.5) is 5.69 Å². The van der Waals surface area contributed by atoms with Gasteiger partial charge in [0.15, 0.2) is 0 Å². The second-order valence-electron chi connectivity index (χ2n) is 10.2. The van der Waals surface area contributed by atoms with Gasteiger partial charge in [-0.2, -0.15) is 5.10 Å². The Morgan fingerprint density at radius 2 is 1.85 bits per heavy atom. The maximum atomic E-state index is 12.7. The van der Waals surface area contributed by atoms with E-state index in [1.807, 2.05) is 24.3 Å². The lowest BCUT2D eigenvalue weighted by atomic mass is 9.87. The van der Waals surface area contributed by atoms with Crippen LogP contribution >= 0.6 is 0 Å². The number of hydrogen-bond acceptors (Lipinski definition) is 6. The Kier molecular flexibility index (Phi) is 5.88. The van der Waals surface area contributed by atoms with E-state index in [1.165, 1.54) is 19.3 Å². The Morgan fingerprint density at radius 3 is 2.72 bits per heavy atom. The van der Waals surface area contributed by atoms with Crippen LogP contribution in [-0.2, 0) is 4.79 Å². The predicted octanol–water partition coefficient (Wildman–Crippen LogP) is 6.73. The molecule has 1 aliphatic rings. The largest absolute Gasteiger partial charge is 0.472 e. The van der Waals surface area contributed by atoms with Crippen molar-refractivity contribution in [3.8, 4) is 33.9 Å². The molecule has 39 heavy (non-hydrogen) atoms. The van der Waals surface area contributed by atoms with Crippen LogP contribution < -0.4 is 5.32 Å². The lowest BCUT2D eigenvalue weighted by Crippen LogP contribution is -2.18. The number of nitrogens with zero attached hydrogens (tertiary/aromatic N) is 4. The van der Waals surface area contributed by atoms with Crippen LogP contribution in [0, 0.1) is 5.92 Å². The zero-order chi connectivity index (χ0) is 26.2. The van der Waals surface area contributed by atoms with E-state index in [0.717, 1.165) is 68.6 Å². The van der Waals surface area contributed by atoms with Gasteiger partial charge in [-0.05, 0) is 49.1 Å². The van der Waals surface area contributed by atoms with E-state index < -0.39 is 0 Å². The molecule has 7 rings (SSSR count). The van der Waals surface area contributed by atoms with E-state index in [0.29, 0.717) is 18.0 Å². The Hall–Kier alpha value is -4.79. The molecule has 0 saturated heterocycles. The van der Waals surface area contributed by atoms with Gasteiger partial charge in [0.05, 0.1) is 53.2 Å². The van der Waals surface area contributed by atoms with Crippen molar-refractivity contribution in [2.45, 2.75) is 38.5 Å². The third-order valence-corrected chi connectivity index (χ3v) is 7.56. The average Bonchev–Trinajstić information content (AvgIpc) is 3.73. The molecule has 194 valence electrons. The van der Waals surface area contributed by atoms with Crippen LogP contribution in [0.1, 0.15) is 38.5 Å². The van der Waals surface area contributed by atoms with E-state index in [4.69, 9.17) is 4.42 Å². The van der Waals surface area contributed by atoms with Crippen molar-refractivity contribution in [2.75, 3.05) is 5.32 Å². The molecule has 0 bridgehead atoms. The molecule has 1 amide bonds. The summed E-state index contributed by atoms with van der Waals surface area (Å²) in [5.41, 5.74) is 7.45. The zero-order valence-electron chi connectivity index (χ0n) is 21.3. The fourth-order valence-electron chi connectivity index (χ4n) is 5.60. The molecule has 1 saturated carbocycles. The van der Waals surface area contributed by atoms with Crippen molar-refractivity contribution in [1.82, 2.24) is 30.1 Å². The van der Waals surface area contributed by atoms with Gasteiger partial charge in [-0.3, -0.25) is 24.8 Å². The SMILES string of the molecule is O=C(CC1CCCCC1)Nc1cncc(-c2cc3c(-c4cc5c(-c6ccoc6)nccc5[nH]4)n[nH]c3cn2)c1. The number of carbonyl (C=O) groups is 1. The number of rotatable bonds is 6. The molecule has 6 heterocycles. The Bertz CT molecular complexity index is 1780. The highest BCUT2D eigenvalue weighted by Crippen LogP contribution is 2.34. The lowest BCUT2D eigenvalue weighted by Gasteiger charge is -2.20. The summed E-state index contributed by atoms with van der Waals surface area (Å²) in [4.78, 5) is 29.7. The molecule has 9 heteroatoms. The Balaban J connectivity index is 1.19. The lowest BCUT2D eigenvalue weighted by molar-refractivity contribution is -0.117. The van der Waals surface area contributed by atoms with Gasteiger partial charge >= 0.3 is 0 Å². The number of amides is 1. The number of aromatic amines is 2. The maximum absolute atomic E-state index is 12.7. The number of carbonyl (C=O) groups excluding carboxylic acids is 1. The molecular weight excluding hydrogens is 490 g/mol. The highest BCUT2D eigenvalue weighted by Gasteiger charge is 2.18. The third-order valence-electron chi connectivity index (χ3n) is 7.56. The number of anilines is 1. The predicted molar refractivity (Wildman–Crippen MR) is 150 cm³/mol. The summed E-state index contributed by atoms with van der Waals surface area (Å²) in [7, 11) is 0. The van der Waals surface area contributed by atoms with Gasteiger partial charge in [-0.1, -0.05) is 19.3 Å². The van der Waals surface area contributed by atoms with Gasteiger partial charge in [0.25, 0.3) is 0 Å². The third kappa shape index (κ3) is 4.56. The monoisotopic (exact) mass is 517 g/mol. The fraction of sp³-hybridized carbons (Fsp3) is 0.233. The summed E-state index contributed by atoms with van der Waals surface area (Å²) in [6.45, 7) is 0. The number of furan rings is 1. The smallest absolute Gasteiger partial charge is 0.224 e. The molecular formula is C30H27N7O2. The molecule has 9 nitrogen and oxygen atoms in total. The van der Waals surface area contributed by atoms with Gasteiger partial charge in [0.1, 0.15) is 5.69 Å². The normalized spacial score (nSPS) is 14.3. The summed E-state index contributed by atoms with van der Waals surface area (Å²) in [5.74, 6) is 0.527. The average molecular weight is 518 g/mol. The minimum atomic E-state index is 0.0458. The number of aromatic nitrogens is 6. The molecule has 1 aliphatic carbocycles.